The number of carbonyl (C=O) groups excluding carboxylic acids is 1. The van der Waals surface area contributed by atoms with Gasteiger partial charge in [-0.05, 0) is 41.1 Å². The van der Waals surface area contributed by atoms with Crippen LogP contribution >= 0.6 is 11.3 Å². The van der Waals surface area contributed by atoms with Crippen LogP contribution in [0.4, 0.5) is 5.13 Å². The highest BCUT2D eigenvalue weighted by Crippen LogP contribution is 2.31. The molecule has 5 nitrogen and oxygen atoms in total. The van der Waals surface area contributed by atoms with E-state index in [4.69, 9.17) is 0 Å². The molecule has 140 valence electrons. The summed E-state index contributed by atoms with van der Waals surface area (Å²) >= 11 is 1.42. The summed E-state index contributed by atoms with van der Waals surface area (Å²) in [6.07, 6.45) is 3.58. The number of amides is 1. The van der Waals surface area contributed by atoms with Crippen molar-refractivity contribution in [2.24, 2.45) is 0 Å². The Hall–Kier alpha value is -3.77. The fourth-order valence-corrected chi connectivity index (χ4v) is 3.97. The highest BCUT2D eigenvalue weighted by Gasteiger charge is 2.12. The molecule has 1 amide bonds. The predicted octanol–water partition coefficient (Wildman–Crippen LogP) is 5.40. The summed E-state index contributed by atoms with van der Waals surface area (Å²) in [4.78, 5) is 17.2. The average molecular weight is 396 g/mol. The van der Waals surface area contributed by atoms with Crippen LogP contribution in [0.25, 0.3) is 27.7 Å². The van der Waals surface area contributed by atoms with Gasteiger partial charge in [-0.2, -0.15) is 5.10 Å². The molecule has 3 aromatic carbocycles. The Balaban J connectivity index is 1.36. The third-order valence-electron chi connectivity index (χ3n) is 4.69. The van der Waals surface area contributed by atoms with E-state index in [2.05, 4.69) is 39.7 Å². The van der Waals surface area contributed by atoms with Crippen LogP contribution in [-0.2, 0) is 0 Å². The normalized spacial score (nSPS) is 10.9. The molecule has 0 aliphatic heterocycles. The van der Waals surface area contributed by atoms with Crippen molar-refractivity contribution in [1.82, 2.24) is 14.8 Å². The molecule has 0 aliphatic rings. The fraction of sp³-hybridized carbons (Fsp3) is 0. The quantitative estimate of drug-likeness (QED) is 0.442. The zero-order chi connectivity index (χ0) is 19.6. The molecule has 0 saturated carbocycles. The number of nitrogens with one attached hydrogen (secondary N) is 1. The highest BCUT2D eigenvalue weighted by atomic mass is 32.1. The smallest absolute Gasteiger partial charge is 0.257 e. The molecule has 2 aromatic heterocycles. The number of hydrogen-bond donors (Lipinski definition) is 1. The molecule has 0 unspecified atom stereocenters. The molecule has 0 bridgehead atoms. The van der Waals surface area contributed by atoms with Gasteiger partial charge in [0.1, 0.15) is 0 Å². The zero-order valence-electron chi connectivity index (χ0n) is 15.3. The van der Waals surface area contributed by atoms with Gasteiger partial charge in [0.25, 0.3) is 5.91 Å². The van der Waals surface area contributed by atoms with E-state index < -0.39 is 0 Å². The Morgan fingerprint density at radius 1 is 0.931 bits per heavy atom. The molecule has 0 aliphatic carbocycles. The number of fused-ring (bicyclic) bond motifs is 1. The monoisotopic (exact) mass is 396 g/mol. The molecule has 5 rings (SSSR count). The molecule has 1 N–H and O–H groups in total. The maximum Gasteiger partial charge on any atom is 0.257 e. The summed E-state index contributed by atoms with van der Waals surface area (Å²) in [5, 5.41) is 11.9. The van der Waals surface area contributed by atoms with Crippen molar-refractivity contribution >= 4 is 33.1 Å². The summed E-state index contributed by atoms with van der Waals surface area (Å²) in [5.74, 6) is -0.184. The van der Waals surface area contributed by atoms with Crippen molar-refractivity contribution in [3.63, 3.8) is 0 Å². The van der Waals surface area contributed by atoms with Crippen LogP contribution in [0.3, 0.4) is 0 Å². The van der Waals surface area contributed by atoms with Gasteiger partial charge in [-0.3, -0.25) is 10.1 Å². The third kappa shape index (κ3) is 3.41. The lowest BCUT2D eigenvalue weighted by atomic mass is 10.0. The van der Waals surface area contributed by atoms with E-state index in [0.717, 1.165) is 22.3 Å². The summed E-state index contributed by atoms with van der Waals surface area (Å²) in [6.45, 7) is 0. The van der Waals surface area contributed by atoms with Crippen LogP contribution in [0, 0.1) is 0 Å². The minimum absolute atomic E-state index is 0.184. The van der Waals surface area contributed by atoms with E-state index in [-0.39, 0.29) is 5.91 Å². The van der Waals surface area contributed by atoms with Crippen molar-refractivity contribution < 1.29 is 4.79 Å². The Morgan fingerprint density at radius 3 is 2.59 bits per heavy atom. The first kappa shape index (κ1) is 17.3. The first-order valence-electron chi connectivity index (χ1n) is 9.13. The highest BCUT2D eigenvalue weighted by molar-refractivity contribution is 7.14. The second-order valence-electron chi connectivity index (χ2n) is 6.52. The molecule has 0 spiro atoms. The van der Waals surface area contributed by atoms with Gasteiger partial charge in [-0.15, -0.1) is 11.3 Å². The molecule has 0 saturated heterocycles. The summed E-state index contributed by atoms with van der Waals surface area (Å²) in [5.41, 5.74) is 3.39. The van der Waals surface area contributed by atoms with Crippen LogP contribution in [0.15, 0.2) is 90.6 Å². The fourth-order valence-electron chi connectivity index (χ4n) is 3.26. The summed E-state index contributed by atoms with van der Waals surface area (Å²) < 4.78 is 1.75. The Morgan fingerprint density at radius 2 is 1.76 bits per heavy atom. The largest absolute Gasteiger partial charge is 0.298 e. The number of aromatic nitrogens is 3. The third-order valence-corrected chi connectivity index (χ3v) is 5.45. The molecule has 2 heterocycles. The van der Waals surface area contributed by atoms with Gasteiger partial charge in [0.05, 0.1) is 11.4 Å². The van der Waals surface area contributed by atoms with Gasteiger partial charge in [-0.25, -0.2) is 9.67 Å². The van der Waals surface area contributed by atoms with Crippen molar-refractivity contribution in [2.45, 2.75) is 0 Å². The van der Waals surface area contributed by atoms with Crippen molar-refractivity contribution in [3.05, 3.63) is 96.1 Å². The van der Waals surface area contributed by atoms with E-state index >= 15 is 0 Å². The molecular formula is C23H16N4OS. The molecule has 5 aromatic rings. The number of thiazole rings is 1. The van der Waals surface area contributed by atoms with E-state index in [1.54, 1.807) is 23.0 Å². The van der Waals surface area contributed by atoms with Gasteiger partial charge in [0, 0.05) is 28.9 Å². The number of anilines is 1. The maximum absolute atomic E-state index is 12.6. The molecule has 0 atom stereocenters. The summed E-state index contributed by atoms with van der Waals surface area (Å²) in [6, 6.07) is 23.5. The molecule has 29 heavy (non-hydrogen) atoms. The predicted molar refractivity (Wildman–Crippen MR) is 117 cm³/mol. The van der Waals surface area contributed by atoms with Crippen LogP contribution in [0.2, 0.25) is 0 Å². The molecule has 0 fully saturated rings. The SMILES string of the molecule is O=C(Nc1nc(-c2cccc3ccccc23)cs1)c1ccc(-n2cccn2)cc1. The van der Waals surface area contributed by atoms with Crippen LogP contribution in [0.1, 0.15) is 10.4 Å². The Labute approximate surface area is 171 Å². The van der Waals surface area contributed by atoms with Crippen molar-refractivity contribution in [2.75, 3.05) is 5.32 Å². The lowest BCUT2D eigenvalue weighted by Gasteiger charge is -2.05. The second-order valence-corrected chi connectivity index (χ2v) is 7.37. The average Bonchev–Trinajstić information content (AvgIpc) is 3.46. The first-order chi connectivity index (χ1) is 14.3. The lowest BCUT2D eigenvalue weighted by Crippen LogP contribution is -2.11. The maximum atomic E-state index is 12.6. The first-order valence-corrected chi connectivity index (χ1v) is 10.0. The second kappa shape index (κ2) is 7.33. The van der Waals surface area contributed by atoms with Crippen LogP contribution in [-0.4, -0.2) is 20.7 Å². The van der Waals surface area contributed by atoms with Gasteiger partial charge in [0.15, 0.2) is 5.13 Å². The number of benzene rings is 3. The van der Waals surface area contributed by atoms with Crippen LogP contribution < -0.4 is 5.32 Å². The molecule has 0 radical (unpaired) electrons. The van der Waals surface area contributed by atoms with Gasteiger partial charge >= 0.3 is 0 Å². The van der Waals surface area contributed by atoms with E-state index in [0.29, 0.717) is 10.7 Å². The number of hydrogen-bond acceptors (Lipinski definition) is 4. The standard InChI is InChI=1S/C23H16N4OS/c28-22(17-9-11-18(12-10-17)27-14-4-13-24-27)26-23-25-21(15-29-23)20-8-3-6-16-5-1-2-7-19(16)20/h1-15H,(H,25,26,28). The summed E-state index contributed by atoms with van der Waals surface area (Å²) in [7, 11) is 0. The minimum atomic E-state index is -0.184. The topological polar surface area (TPSA) is 59.8 Å². The van der Waals surface area contributed by atoms with Crippen molar-refractivity contribution in [3.8, 4) is 16.9 Å². The van der Waals surface area contributed by atoms with Crippen molar-refractivity contribution in [1.29, 1.82) is 0 Å². The van der Waals surface area contributed by atoms with Gasteiger partial charge in [-0.1, -0.05) is 42.5 Å². The van der Waals surface area contributed by atoms with E-state index in [1.807, 2.05) is 48.0 Å². The van der Waals surface area contributed by atoms with E-state index in [9.17, 15) is 4.79 Å². The van der Waals surface area contributed by atoms with Gasteiger partial charge < -0.3 is 0 Å². The minimum Gasteiger partial charge on any atom is -0.298 e. The Bertz CT molecular complexity index is 1280. The number of carbonyl (C=O) groups is 1. The Kier molecular flexibility index (Phi) is 4.38. The number of nitrogens with zero attached hydrogens (tertiary/aromatic N) is 3. The molecule has 6 heteroatoms. The van der Waals surface area contributed by atoms with E-state index in [1.165, 1.54) is 16.7 Å². The van der Waals surface area contributed by atoms with Crippen LogP contribution in [0.5, 0.6) is 0 Å². The lowest BCUT2D eigenvalue weighted by molar-refractivity contribution is 0.102. The molecular weight excluding hydrogens is 380 g/mol. The number of rotatable bonds is 4. The van der Waals surface area contributed by atoms with Gasteiger partial charge in [0.2, 0.25) is 0 Å². The zero-order valence-corrected chi connectivity index (χ0v) is 16.1.